The third-order valence-corrected chi connectivity index (χ3v) is 4.22. The van der Waals surface area contributed by atoms with E-state index in [4.69, 9.17) is 5.21 Å². The van der Waals surface area contributed by atoms with Crippen molar-refractivity contribution in [1.82, 2.24) is 5.48 Å². The molecular formula is C15H27NO3. The van der Waals surface area contributed by atoms with Gasteiger partial charge in [-0.25, -0.2) is 5.48 Å². The molecule has 0 spiro atoms. The van der Waals surface area contributed by atoms with Gasteiger partial charge in [0.05, 0.1) is 0 Å². The molecule has 0 atom stereocenters. The van der Waals surface area contributed by atoms with Crippen molar-refractivity contribution >= 4 is 11.7 Å². The molecule has 4 heteroatoms. The minimum atomic E-state index is -0.351. The van der Waals surface area contributed by atoms with Gasteiger partial charge in [-0.05, 0) is 25.7 Å². The number of rotatable bonds is 7. The van der Waals surface area contributed by atoms with Crippen LogP contribution in [0.4, 0.5) is 0 Å². The Labute approximate surface area is 115 Å². The molecule has 1 amide bonds. The van der Waals surface area contributed by atoms with Gasteiger partial charge in [-0.3, -0.25) is 14.8 Å². The first-order chi connectivity index (χ1) is 8.97. The molecule has 0 unspecified atom stereocenters. The number of hydroxylamine groups is 1. The Balaban J connectivity index is 2.33. The smallest absolute Gasteiger partial charge is 0.243 e. The average molecular weight is 269 g/mol. The van der Waals surface area contributed by atoms with Gasteiger partial charge in [0.15, 0.2) is 0 Å². The highest BCUT2D eigenvalue weighted by Gasteiger charge is 2.33. The van der Waals surface area contributed by atoms with Crippen LogP contribution in [0.25, 0.3) is 0 Å². The maximum atomic E-state index is 12.5. The van der Waals surface area contributed by atoms with E-state index in [2.05, 4.69) is 0 Å². The highest BCUT2D eigenvalue weighted by atomic mass is 16.5. The highest BCUT2D eigenvalue weighted by molar-refractivity contribution is 5.86. The van der Waals surface area contributed by atoms with Crippen molar-refractivity contribution < 1.29 is 14.8 Å². The number of Topliss-reactive ketones (excluding diaryl/α,β-unsaturated/α-hetero) is 1. The van der Waals surface area contributed by atoms with E-state index in [0.29, 0.717) is 18.6 Å². The van der Waals surface area contributed by atoms with Crippen LogP contribution in [-0.2, 0) is 9.59 Å². The van der Waals surface area contributed by atoms with Gasteiger partial charge >= 0.3 is 0 Å². The lowest BCUT2D eigenvalue weighted by atomic mass is 9.73. The largest absolute Gasteiger partial charge is 0.299 e. The second-order valence-corrected chi connectivity index (χ2v) is 6.33. The molecule has 0 heterocycles. The summed E-state index contributed by atoms with van der Waals surface area (Å²) < 4.78 is 0. The summed E-state index contributed by atoms with van der Waals surface area (Å²) in [5.74, 6) is 0.305. The topological polar surface area (TPSA) is 66.4 Å². The molecule has 0 aliphatic heterocycles. The fourth-order valence-corrected chi connectivity index (χ4v) is 2.95. The summed E-state index contributed by atoms with van der Waals surface area (Å²) in [4.78, 5) is 23.4. The molecule has 0 saturated heterocycles. The van der Waals surface area contributed by atoms with Crippen molar-refractivity contribution in [2.24, 2.45) is 11.3 Å². The van der Waals surface area contributed by atoms with Crippen LogP contribution in [0.1, 0.15) is 71.6 Å². The van der Waals surface area contributed by atoms with Gasteiger partial charge in [-0.2, -0.15) is 0 Å². The maximum absolute atomic E-state index is 12.5. The molecule has 110 valence electrons. The number of nitrogens with one attached hydrogen (secondary N) is 1. The minimum Gasteiger partial charge on any atom is -0.299 e. The van der Waals surface area contributed by atoms with Gasteiger partial charge in [0, 0.05) is 17.8 Å². The van der Waals surface area contributed by atoms with Crippen molar-refractivity contribution in [3.8, 4) is 0 Å². The van der Waals surface area contributed by atoms with Crippen molar-refractivity contribution in [2.75, 3.05) is 0 Å². The molecule has 1 fully saturated rings. The molecule has 0 aromatic carbocycles. The van der Waals surface area contributed by atoms with E-state index in [1.54, 1.807) is 5.48 Å². The molecule has 0 radical (unpaired) electrons. The molecule has 0 aromatic heterocycles. The van der Waals surface area contributed by atoms with Crippen LogP contribution in [0, 0.1) is 11.3 Å². The van der Waals surface area contributed by atoms with E-state index in [-0.39, 0.29) is 17.2 Å². The number of carbonyl (C=O) groups is 2. The molecule has 1 aliphatic carbocycles. The Bertz CT molecular complexity index is 307. The fourth-order valence-electron chi connectivity index (χ4n) is 2.95. The second kappa shape index (κ2) is 7.63. The third-order valence-electron chi connectivity index (χ3n) is 4.22. The quantitative estimate of drug-likeness (QED) is 0.423. The van der Waals surface area contributed by atoms with E-state index in [1.165, 1.54) is 19.3 Å². The normalized spacial score (nSPS) is 17.2. The first-order valence-corrected chi connectivity index (χ1v) is 7.44. The molecule has 4 nitrogen and oxygen atoms in total. The molecule has 1 saturated carbocycles. The van der Waals surface area contributed by atoms with Crippen LogP contribution >= 0.6 is 0 Å². The number of ketones is 1. The lowest BCUT2D eigenvalue weighted by Crippen LogP contribution is -2.32. The highest BCUT2D eigenvalue weighted by Crippen LogP contribution is 2.34. The van der Waals surface area contributed by atoms with Gasteiger partial charge in [-0.15, -0.1) is 0 Å². The number of unbranched alkanes of at least 4 members (excludes halogenated alkanes) is 1. The molecule has 0 aromatic rings. The molecule has 2 N–H and O–H groups in total. The van der Waals surface area contributed by atoms with E-state index in [0.717, 1.165) is 25.7 Å². The van der Waals surface area contributed by atoms with Crippen LogP contribution in [0.15, 0.2) is 0 Å². The van der Waals surface area contributed by atoms with Gasteiger partial charge < -0.3 is 0 Å². The number of carbonyl (C=O) groups excluding carboxylic acids is 2. The summed E-state index contributed by atoms with van der Waals surface area (Å²) in [6, 6.07) is 0. The monoisotopic (exact) mass is 269 g/mol. The van der Waals surface area contributed by atoms with E-state index in [9.17, 15) is 9.59 Å². The first kappa shape index (κ1) is 16.2. The van der Waals surface area contributed by atoms with E-state index < -0.39 is 0 Å². The zero-order valence-corrected chi connectivity index (χ0v) is 12.2. The Kier molecular flexibility index (Phi) is 6.49. The number of hydrogen-bond donors (Lipinski definition) is 2. The zero-order valence-electron chi connectivity index (χ0n) is 12.2. The van der Waals surface area contributed by atoms with E-state index >= 15 is 0 Å². The summed E-state index contributed by atoms with van der Waals surface area (Å²) >= 11 is 0. The molecular weight excluding hydrogens is 242 g/mol. The van der Waals surface area contributed by atoms with Crippen molar-refractivity contribution in [1.29, 1.82) is 0 Å². The molecule has 19 heavy (non-hydrogen) atoms. The summed E-state index contributed by atoms with van der Waals surface area (Å²) in [5.41, 5.74) is 1.35. The van der Waals surface area contributed by atoms with Crippen molar-refractivity contribution in [3.63, 3.8) is 0 Å². The molecule has 1 aliphatic rings. The Morgan fingerprint density at radius 3 is 2.37 bits per heavy atom. The number of amides is 1. The molecule has 0 bridgehead atoms. The van der Waals surface area contributed by atoms with Gasteiger partial charge in [0.25, 0.3) is 0 Å². The van der Waals surface area contributed by atoms with Crippen molar-refractivity contribution in [2.45, 2.75) is 71.6 Å². The lowest BCUT2D eigenvalue weighted by Gasteiger charge is -2.30. The van der Waals surface area contributed by atoms with Crippen molar-refractivity contribution in [3.05, 3.63) is 0 Å². The summed E-state index contributed by atoms with van der Waals surface area (Å²) in [5, 5.41) is 8.40. The minimum absolute atomic E-state index is 0.254. The van der Waals surface area contributed by atoms with Crippen LogP contribution in [-0.4, -0.2) is 16.9 Å². The van der Waals surface area contributed by atoms with E-state index in [1.807, 2.05) is 13.8 Å². The van der Waals surface area contributed by atoms with Crippen LogP contribution < -0.4 is 5.48 Å². The lowest BCUT2D eigenvalue weighted by molar-refractivity contribution is -0.132. The summed E-state index contributed by atoms with van der Waals surface area (Å²) in [6.45, 7) is 4.05. The predicted molar refractivity (Wildman–Crippen MR) is 73.8 cm³/mol. The van der Waals surface area contributed by atoms with Crippen LogP contribution in [0.2, 0.25) is 0 Å². The first-order valence-electron chi connectivity index (χ1n) is 7.44. The second-order valence-electron chi connectivity index (χ2n) is 6.33. The standard InChI is InChI=1S/C15H27NO3/c1-15(2,11-7-6-10-13(17)16-19)14(18)12-8-4-3-5-9-12/h12,19H,3-11H2,1-2H3,(H,16,17). The Hall–Kier alpha value is -0.900. The predicted octanol–water partition coefficient (Wildman–Crippen LogP) is 3.23. The third kappa shape index (κ3) is 5.31. The fraction of sp³-hybridized carbons (Fsp3) is 0.867. The van der Waals surface area contributed by atoms with Crippen LogP contribution in [0.3, 0.4) is 0 Å². The SMILES string of the molecule is CC(C)(CCCCC(=O)NO)C(=O)C1CCCCC1. The Morgan fingerprint density at radius 1 is 1.16 bits per heavy atom. The zero-order chi connectivity index (χ0) is 14.3. The summed E-state index contributed by atoms with van der Waals surface area (Å²) in [6.07, 6.45) is 8.44. The van der Waals surface area contributed by atoms with Gasteiger partial charge in [-0.1, -0.05) is 39.5 Å². The maximum Gasteiger partial charge on any atom is 0.243 e. The van der Waals surface area contributed by atoms with Crippen LogP contribution in [0.5, 0.6) is 0 Å². The van der Waals surface area contributed by atoms with Gasteiger partial charge in [0.2, 0.25) is 5.91 Å². The average Bonchev–Trinajstić information content (AvgIpc) is 2.43. The van der Waals surface area contributed by atoms with Gasteiger partial charge in [0.1, 0.15) is 5.78 Å². The summed E-state index contributed by atoms with van der Waals surface area (Å²) in [7, 11) is 0. The molecule has 1 rings (SSSR count). The Morgan fingerprint density at radius 2 is 1.79 bits per heavy atom. The number of hydrogen-bond acceptors (Lipinski definition) is 3.